The fourth-order valence-corrected chi connectivity index (χ4v) is 5.06. The Bertz CT molecular complexity index is 1340. The molecule has 0 saturated carbocycles. The zero-order chi connectivity index (χ0) is 28.0. The molecule has 16 heteroatoms. The molecule has 3 unspecified atom stereocenters. The molecule has 2 heterocycles. The third-order valence-corrected chi connectivity index (χ3v) is 7.10. The van der Waals surface area contributed by atoms with Gasteiger partial charge in [-0.2, -0.15) is 10.1 Å². The average molecular weight is 571 g/mol. The minimum atomic E-state index is -4.23. The number of ether oxygens (including phenoxy) is 2. The molecule has 0 saturated heterocycles. The van der Waals surface area contributed by atoms with E-state index in [1.54, 1.807) is 44.2 Å². The molecular formula is C22H31N6O8PS. The summed E-state index contributed by atoms with van der Waals surface area (Å²) in [7, 11) is -2.97. The van der Waals surface area contributed by atoms with Gasteiger partial charge in [0.2, 0.25) is 5.95 Å². The van der Waals surface area contributed by atoms with Gasteiger partial charge in [0.25, 0.3) is 0 Å². The number of methoxy groups -OCH3 is 1. The largest absolute Gasteiger partial charge is 0.462 e. The number of carbonyl (C=O) groups excluding carboxylic acids is 1. The molecule has 208 valence electrons. The van der Waals surface area contributed by atoms with E-state index in [1.165, 1.54) is 20.4 Å². The Hall–Kier alpha value is -2.91. The Morgan fingerprint density at radius 1 is 1.26 bits per heavy atom. The SMILES string of the molecule is CO[C@H](COP(=O)(N[C@@H](C)C(=O)OC(C)C)Oc1ccccc1)C(O)C(O)n1cnc2c(=S)[nH]c(N)nc21. The number of para-hydroxylation sites is 1. The molecule has 0 radical (unpaired) electrons. The predicted octanol–water partition coefficient (Wildman–Crippen LogP) is 2.07. The molecule has 0 aliphatic rings. The van der Waals surface area contributed by atoms with Crippen molar-refractivity contribution < 1.29 is 38.1 Å². The van der Waals surface area contributed by atoms with Gasteiger partial charge in [-0.05, 0) is 32.9 Å². The number of imidazole rings is 1. The van der Waals surface area contributed by atoms with Crippen molar-refractivity contribution in [2.75, 3.05) is 19.5 Å². The van der Waals surface area contributed by atoms with E-state index in [9.17, 15) is 19.6 Å². The molecule has 0 bridgehead atoms. The average Bonchev–Trinajstić information content (AvgIpc) is 3.28. The number of benzene rings is 1. The third kappa shape index (κ3) is 7.35. The lowest BCUT2D eigenvalue weighted by Crippen LogP contribution is -2.41. The van der Waals surface area contributed by atoms with E-state index < -0.39 is 50.9 Å². The van der Waals surface area contributed by atoms with Crippen LogP contribution in [-0.2, 0) is 23.4 Å². The van der Waals surface area contributed by atoms with Crippen LogP contribution in [0.25, 0.3) is 11.2 Å². The first-order valence-corrected chi connectivity index (χ1v) is 13.5. The molecule has 1 aromatic carbocycles. The van der Waals surface area contributed by atoms with Crippen molar-refractivity contribution in [3.05, 3.63) is 41.3 Å². The quantitative estimate of drug-likeness (QED) is 0.114. The summed E-state index contributed by atoms with van der Waals surface area (Å²) in [5.41, 5.74) is 6.11. The number of hydrogen-bond donors (Lipinski definition) is 5. The van der Waals surface area contributed by atoms with E-state index in [2.05, 4.69) is 20.0 Å². The lowest BCUT2D eigenvalue weighted by Gasteiger charge is -2.28. The molecule has 2 aromatic heterocycles. The number of nitrogens with two attached hydrogens (primary N) is 1. The second-order valence-corrected chi connectivity index (χ2v) is 10.6. The molecule has 14 nitrogen and oxygen atoms in total. The van der Waals surface area contributed by atoms with Crippen molar-refractivity contribution in [3.8, 4) is 5.75 Å². The van der Waals surface area contributed by atoms with Crippen LogP contribution >= 0.6 is 20.0 Å². The van der Waals surface area contributed by atoms with Gasteiger partial charge in [0.15, 0.2) is 11.9 Å². The molecule has 5 atom stereocenters. The van der Waals surface area contributed by atoms with E-state index in [0.29, 0.717) is 0 Å². The topological polar surface area (TPSA) is 196 Å². The number of H-pyrrole nitrogens is 1. The van der Waals surface area contributed by atoms with E-state index in [1.807, 2.05) is 0 Å². The molecule has 0 fully saturated rings. The number of aliphatic hydroxyl groups excluding tert-OH is 2. The highest BCUT2D eigenvalue weighted by Crippen LogP contribution is 2.45. The molecule has 0 aliphatic heterocycles. The fourth-order valence-electron chi connectivity index (χ4n) is 3.31. The summed E-state index contributed by atoms with van der Waals surface area (Å²) in [4.78, 5) is 23.1. The molecular weight excluding hydrogens is 539 g/mol. The van der Waals surface area contributed by atoms with E-state index in [-0.39, 0.29) is 27.5 Å². The normalized spacial score (nSPS) is 16.5. The number of hydrogen-bond acceptors (Lipinski definition) is 12. The van der Waals surface area contributed by atoms with Crippen LogP contribution in [0.2, 0.25) is 0 Å². The number of nitrogen functional groups attached to an aromatic ring is 1. The van der Waals surface area contributed by atoms with Crippen LogP contribution in [-0.4, -0.2) is 73.8 Å². The van der Waals surface area contributed by atoms with Crippen LogP contribution in [0.3, 0.4) is 0 Å². The number of rotatable bonds is 13. The van der Waals surface area contributed by atoms with Gasteiger partial charge >= 0.3 is 13.7 Å². The van der Waals surface area contributed by atoms with Crippen LogP contribution in [0, 0.1) is 4.64 Å². The van der Waals surface area contributed by atoms with Gasteiger partial charge in [-0.1, -0.05) is 30.4 Å². The first-order valence-electron chi connectivity index (χ1n) is 11.5. The lowest BCUT2D eigenvalue weighted by molar-refractivity contribution is -0.149. The molecule has 3 aromatic rings. The Labute approximate surface area is 223 Å². The molecule has 38 heavy (non-hydrogen) atoms. The monoisotopic (exact) mass is 570 g/mol. The molecule has 6 N–H and O–H groups in total. The van der Waals surface area contributed by atoms with Gasteiger partial charge in [0.05, 0.1) is 19.0 Å². The standard InChI is InChI=1S/C22H31N6O8PS/c1-12(2)35-21(31)13(3)27-37(32,36-14-8-6-5-7-9-14)34-10-15(33-4)17(29)20(30)28-11-24-16-18(28)25-22(23)26-19(16)38/h5-9,11-13,15,17,20,29-30H,10H2,1-4H3,(H,27,32)(H3,23,25,26,38)/t13-,15+,17?,20?,37?/m0/s1. The molecule has 0 amide bonds. The number of esters is 1. The molecule has 0 aliphatic carbocycles. The fraction of sp³-hybridized carbons (Fsp3) is 0.455. The van der Waals surface area contributed by atoms with Crippen molar-refractivity contribution in [1.82, 2.24) is 24.6 Å². The summed E-state index contributed by atoms with van der Waals surface area (Å²) in [6.07, 6.45) is -3.62. The van der Waals surface area contributed by atoms with Gasteiger partial charge in [-0.15, -0.1) is 0 Å². The highest BCUT2D eigenvalue weighted by Gasteiger charge is 2.36. The van der Waals surface area contributed by atoms with Crippen molar-refractivity contribution in [2.45, 2.75) is 51.4 Å². The number of carbonyl (C=O) groups is 1. The highest BCUT2D eigenvalue weighted by molar-refractivity contribution is 7.71. The number of anilines is 1. The summed E-state index contributed by atoms with van der Waals surface area (Å²) in [6.45, 7) is 4.28. The van der Waals surface area contributed by atoms with Crippen LogP contribution in [0.5, 0.6) is 5.75 Å². The van der Waals surface area contributed by atoms with Gasteiger partial charge in [0, 0.05) is 7.11 Å². The van der Waals surface area contributed by atoms with Gasteiger partial charge in [0.1, 0.15) is 34.2 Å². The summed E-state index contributed by atoms with van der Waals surface area (Å²) >= 11 is 5.17. The van der Waals surface area contributed by atoms with E-state index in [0.717, 1.165) is 4.57 Å². The van der Waals surface area contributed by atoms with Crippen LogP contribution < -0.4 is 15.3 Å². The Morgan fingerprint density at radius 3 is 2.58 bits per heavy atom. The maximum atomic E-state index is 13.7. The third-order valence-electron chi connectivity index (χ3n) is 5.16. The Kier molecular flexibility index (Phi) is 9.95. The predicted molar refractivity (Wildman–Crippen MR) is 140 cm³/mol. The summed E-state index contributed by atoms with van der Waals surface area (Å²) < 4.78 is 36.6. The number of aromatic amines is 1. The van der Waals surface area contributed by atoms with Crippen molar-refractivity contribution in [1.29, 1.82) is 0 Å². The number of aliphatic hydroxyl groups is 2. The van der Waals surface area contributed by atoms with Crippen molar-refractivity contribution >= 4 is 43.0 Å². The maximum Gasteiger partial charge on any atom is 0.459 e. The van der Waals surface area contributed by atoms with Gasteiger partial charge < -0.3 is 34.9 Å². The lowest BCUT2D eigenvalue weighted by atomic mass is 10.2. The van der Waals surface area contributed by atoms with E-state index >= 15 is 0 Å². The summed E-state index contributed by atoms with van der Waals surface area (Å²) in [5, 5.41) is 24.3. The first kappa shape index (κ1) is 29.6. The second-order valence-electron chi connectivity index (χ2n) is 8.49. The smallest absolute Gasteiger partial charge is 0.459 e. The Balaban J connectivity index is 1.79. The highest BCUT2D eigenvalue weighted by atomic mass is 32.1. The van der Waals surface area contributed by atoms with E-state index in [4.69, 9.17) is 36.5 Å². The number of nitrogens with zero attached hydrogens (tertiary/aromatic N) is 3. The zero-order valence-corrected chi connectivity index (χ0v) is 22.9. The minimum absolute atomic E-state index is 0.00671. The van der Waals surface area contributed by atoms with Gasteiger partial charge in [-0.3, -0.25) is 13.9 Å². The maximum absolute atomic E-state index is 13.7. The molecule has 0 spiro atoms. The first-order chi connectivity index (χ1) is 17.9. The van der Waals surface area contributed by atoms with Gasteiger partial charge in [-0.25, -0.2) is 9.55 Å². The number of nitrogens with one attached hydrogen (secondary N) is 2. The van der Waals surface area contributed by atoms with Crippen molar-refractivity contribution in [2.24, 2.45) is 0 Å². The summed E-state index contributed by atoms with van der Waals surface area (Å²) in [6, 6.07) is 7.10. The molecule has 3 rings (SSSR count). The number of fused-ring (bicyclic) bond motifs is 1. The minimum Gasteiger partial charge on any atom is -0.462 e. The zero-order valence-electron chi connectivity index (χ0n) is 21.2. The van der Waals surface area contributed by atoms with Crippen LogP contribution in [0.1, 0.15) is 27.0 Å². The van der Waals surface area contributed by atoms with Crippen molar-refractivity contribution in [3.63, 3.8) is 0 Å². The van der Waals surface area contributed by atoms with Crippen LogP contribution in [0.15, 0.2) is 36.7 Å². The van der Waals surface area contributed by atoms with Crippen LogP contribution in [0.4, 0.5) is 5.95 Å². The number of aromatic nitrogens is 4. The summed E-state index contributed by atoms with van der Waals surface area (Å²) in [5.74, 6) is -0.475. The second kappa shape index (κ2) is 12.8. The Morgan fingerprint density at radius 2 is 1.95 bits per heavy atom.